The zero-order chi connectivity index (χ0) is 15.7. The Morgan fingerprint density at radius 1 is 1.04 bits per heavy atom. The highest BCUT2D eigenvalue weighted by Gasteiger charge is 2.44. The van der Waals surface area contributed by atoms with Crippen molar-refractivity contribution in [3.05, 3.63) is 35.4 Å². The molecule has 0 saturated carbocycles. The number of piperidine rings is 1. The third kappa shape index (κ3) is 3.47. The smallest absolute Gasteiger partial charge is 0.0723 e. The minimum atomic E-state index is 0.192. The van der Waals surface area contributed by atoms with Crippen LogP contribution in [0.3, 0.4) is 0 Å². The predicted octanol–water partition coefficient (Wildman–Crippen LogP) is 3.21. The molecule has 1 spiro atoms. The average Bonchev–Trinajstić information content (AvgIpc) is 3.22. The molecule has 126 valence electrons. The normalized spacial score (nSPS) is 28.7. The van der Waals surface area contributed by atoms with Gasteiger partial charge in [0, 0.05) is 25.7 Å². The van der Waals surface area contributed by atoms with Gasteiger partial charge in [-0.05, 0) is 57.7 Å². The maximum Gasteiger partial charge on any atom is 0.0723 e. The first kappa shape index (κ1) is 15.6. The molecule has 3 aliphatic rings. The van der Waals surface area contributed by atoms with Crippen molar-refractivity contribution in [3.8, 4) is 0 Å². The Labute approximate surface area is 140 Å². The highest BCUT2D eigenvalue weighted by Crippen LogP contribution is 2.38. The summed E-state index contributed by atoms with van der Waals surface area (Å²) in [4.78, 5) is 5.27. The average molecular weight is 314 g/mol. The molecule has 3 heteroatoms. The van der Waals surface area contributed by atoms with E-state index in [0.717, 1.165) is 13.2 Å². The van der Waals surface area contributed by atoms with Crippen LogP contribution in [-0.4, -0.2) is 54.2 Å². The SMILES string of the molecule is Cc1ccc(CN2CCC3(CC2)CC(N2CCCC2)CO3)cc1. The molecule has 1 aromatic rings. The summed E-state index contributed by atoms with van der Waals surface area (Å²) in [6.07, 6.45) is 6.46. The minimum absolute atomic E-state index is 0.192. The monoisotopic (exact) mass is 314 g/mol. The molecular weight excluding hydrogens is 284 g/mol. The number of nitrogens with zero attached hydrogens (tertiary/aromatic N) is 2. The van der Waals surface area contributed by atoms with Gasteiger partial charge in [0.2, 0.25) is 0 Å². The summed E-state index contributed by atoms with van der Waals surface area (Å²) < 4.78 is 6.35. The van der Waals surface area contributed by atoms with E-state index in [-0.39, 0.29) is 5.60 Å². The minimum Gasteiger partial charge on any atom is -0.373 e. The maximum absolute atomic E-state index is 6.35. The summed E-state index contributed by atoms with van der Waals surface area (Å²) in [5.74, 6) is 0. The molecule has 3 saturated heterocycles. The van der Waals surface area contributed by atoms with Crippen molar-refractivity contribution in [1.82, 2.24) is 9.80 Å². The second-order valence-corrected chi connectivity index (χ2v) is 7.86. The number of rotatable bonds is 3. The van der Waals surface area contributed by atoms with Crippen molar-refractivity contribution < 1.29 is 4.74 Å². The van der Waals surface area contributed by atoms with Gasteiger partial charge >= 0.3 is 0 Å². The summed E-state index contributed by atoms with van der Waals surface area (Å²) in [5, 5.41) is 0. The second-order valence-electron chi connectivity index (χ2n) is 7.86. The third-order valence-electron chi connectivity index (χ3n) is 6.14. The van der Waals surface area contributed by atoms with E-state index in [1.807, 2.05) is 0 Å². The van der Waals surface area contributed by atoms with Crippen LogP contribution >= 0.6 is 0 Å². The van der Waals surface area contributed by atoms with Crippen LogP contribution in [0, 0.1) is 6.92 Å². The van der Waals surface area contributed by atoms with E-state index < -0.39 is 0 Å². The van der Waals surface area contributed by atoms with Crippen molar-refractivity contribution in [3.63, 3.8) is 0 Å². The van der Waals surface area contributed by atoms with Gasteiger partial charge in [-0.1, -0.05) is 29.8 Å². The van der Waals surface area contributed by atoms with Gasteiger partial charge in [0.05, 0.1) is 12.2 Å². The van der Waals surface area contributed by atoms with Gasteiger partial charge in [-0.25, -0.2) is 0 Å². The lowest BCUT2D eigenvalue weighted by Gasteiger charge is -2.39. The molecule has 0 radical (unpaired) electrons. The van der Waals surface area contributed by atoms with Crippen LogP contribution in [-0.2, 0) is 11.3 Å². The van der Waals surface area contributed by atoms with Crippen LogP contribution in [0.4, 0.5) is 0 Å². The van der Waals surface area contributed by atoms with Gasteiger partial charge in [-0.2, -0.15) is 0 Å². The molecule has 0 amide bonds. The van der Waals surface area contributed by atoms with E-state index >= 15 is 0 Å². The fourth-order valence-corrected chi connectivity index (χ4v) is 4.58. The second kappa shape index (κ2) is 6.54. The number of hydrogen-bond donors (Lipinski definition) is 0. The first-order valence-electron chi connectivity index (χ1n) is 9.38. The zero-order valence-electron chi connectivity index (χ0n) is 14.5. The van der Waals surface area contributed by atoms with E-state index in [1.165, 1.54) is 69.4 Å². The van der Waals surface area contributed by atoms with E-state index in [2.05, 4.69) is 41.0 Å². The largest absolute Gasteiger partial charge is 0.373 e. The van der Waals surface area contributed by atoms with Crippen molar-refractivity contribution in [2.45, 2.75) is 57.2 Å². The summed E-state index contributed by atoms with van der Waals surface area (Å²) in [5.41, 5.74) is 2.98. The molecule has 0 N–H and O–H groups in total. The van der Waals surface area contributed by atoms with Gasteiger partial charge in [-0.3, -0.25) is 9.80 Å². The van der Waals surface area contributed by atoms with Crippen LogP contribution < -0.4 is 0 Å². The topological polar surface area (TPSA) is 15.7 Å². The number of aryl methyl sites for hydroxylation is 1. The van der Waals surface area contributed by atoms with Gasteiger partial charge < -0.3 is 4.74 Å². The quantitative estimate of drug-likeness (QED) is 0.852. The molecule has 1 unspecified atom stereocenters. The lowest BCUT2D eigenvalue weighted by molar-refractivity contribution is -0.0452. The molecular formula is C20H30N2O. The third-order valence-corrected chi connectivity index (χ3v) is 6.14. The highest BCUT2D eigenvalue weighted by molar-refractivity contribution is 5.21. The van der Waals surface area contributed by atoms with Gasteiger partial charge in [0.1, 0.15) is 0 Å². The molecule has 0 aliphatic carbocycles. The standard InChI is InChI=1S/C20H30N2O/c1-17-4-6-18(7-5-17)15-21-12-8-20(9-13-21)14-19(16-23-20)22-10-2-3-11-22/h4-7,19H,2-3,8-16H2,1H3. The van der Waals surface area contributed by atoms with Crippen molar-refractivity contribution >= 4 is 0 Å². The van der Waals surface area contributed by atoms with Crippen LogP contribution in [0.1, 0.15) is 43.2 Å². The van der Waals surface area contributed by atoms with E-state index in [4.69, 9.17) is 4.74 Å². The summed E-state index contributed by atoms with van der Waals surface area (Å²) >= 11 is 0. The first-order valence-corrected chi connectivity index (χ1v) is 9.38. The summed E-state index contributed by atoms with van der Waals surface area (Å²) in [6, 6.07) is 9.69. The van der Waals surface area contributed by atoms with Crippen molar-refractivity contribution in [1.29, 1.82) is 0 Å². The Morgan fingerprint density at radius 3 is 2.43 bits per heavy atom. The Kier molecular flexibility index (Phi) is 4.44. The first-order chi connectivity index (χ1) is 11.2. The molecule has 1 atom stereocenters. The van der Waals surface area contributed by atoms with Crippen molar-refractivity contribution in [2.75, 3.05) is 32.8 Å². The molecule has 0 bridgehead atoms. The number of hydrogen-bond acceptors (Lipinski definition) is 3. The summed E-state index contributed by atoms with van der Waals surface area (Å²) in [6.45, 7) is 9.17. The van der Waals surface area contributed by atoms with Crippen molar-refractivity contribution in [2.24, 2.45) is 0 Å². The highest BCUT2D eigenvalue weighted by atomic mass is 16.5. The molecule has 3 fully saturated rings. The summed E-state index contributed by atoms with van der Waals surface area (Å²) in [7, 11) is 0. The van der Waals surface area contributed by atoms with Crippen LogP contribution in [0.15, 0.2) is 24.3 Å². The molecule has 3 nitrogen and oxygen atoms in total. The Hall–Kier alpha value is -0.900. The lowest BCUT2D eigenvalue weighted by atomic mass is 9.87. The molecule has 3 heterocycles. The Bertz CT molecular complexity index is 513. The predicted molar refractivity (Wildman–Crippen MR) is 93.6 cm³/mol. The fraction of sp³-hybridized carbons (Fsp3) is 0.700. The lowest BCUT2D eigenvalue weighted by Crippen LogP contribution is -2.44. The van der Waals surface area contributed by atoms with Crippen LogP contribution in [0.2, 0.25) is 0 Å². The fourth-order valence-electron chi connectivity index (χ4n) is 4.58. The molecule has 0 aromatic heterocycles. The van der Waals surface area contributed by atoms with Crippen LogP contribution in [0.5, 0.6) is 0 Å². The zero-order valence-corrected chi connectivity index (χ0v) is 14.5. The Balaban J connectivity index is 1.29. The van der Waals surface area contributed by atoms with E-state index in [9.17, 15) is 0 Å². The molecule has 4 rings (SSSR count). The van der Waals surface area contributed by atoms with E-state index in [0.29, 0.717) is 6.04 Å². The van der Waals surface area contributed by atoms with Crippen LogP contribution in [0.25, 0.3) is 0 Å². The molecule has 3 aliphatic heterocycles. The number of likely N-dealkylation sites (tertiary alicyclic amines) is 2. The Morgan fingerprint density at radius 2 is 1.74 bits per heavy atom. The maximum atomic E-state index is 6.35. The van der Waals surface area contributed by atoms with E-state index in [1.54, 1.807) is 0 Å². The van der Waals surface area contributed by atoms with Gasteiger partial charge in [0.25, 0.3) is 0 Å². The molecule has 1 aromatic carbocycles. The molecule has 23 heavy (non-hydrogen) atoms. The number of benzene rings is 1. The number of ether oxygens (including phenoxy) is 1. The van der Waals surface area contributed by atoms with Gasteiger partial charge in [0.15, 0.2) is 0 Å². The van der Waals surface area contributed by atoms with Gasteiger partial charge in [-0.15, -0.1) is 0 Å².